The predicted octanol–water partition coefficient (Wildman–Crippen LogP) is 5.92. The highest BCUT2D eigenvalue weighted by Crippen LogP contribution is 2.59. The molecule has 0 N–H and O–H groups in total. The molecule has 2 unspecified atom stereocenters. The van der Waals surface area contributed by atoms with Crippen LogP contribution in [0.25, 0.3) is 10.8 Å². The summed E-state index contributed by atoms with van der Waals surface area (Å²) in [6.07, 6.45) is 7.89. The third kappa shape index (κ3) is 1.79. The number of allylic oxidation sites excluding steroid dienone is 2. The summed E-state index contributed by atoms with van der Waals surface area (Å²) in [5, 5.41) is 2.59. The molecule has 3 aliphatic carbocycles. The van der Waals surface area contributed by atoms with Crippen molar-refractivity contribution in [3.63, 3.8) is 0 Å². The average Bonchev–Trinajstić information content (AvgIpc) is 3.18. The van der Waals surface area contributed by atoms with Crippen molar-refractivity contribution >= 4 is 16.6 Å². The zero-order chi connectivity index (χ0) is 16.5. The van der Waals surface area contributed by atoms with Crippen LogP contribution in [0.1, 0.15) is 73.4 Å². The minimum Gasteiger partial charge on any atom is -0.294 e. The van der Waals surface area contributed by atoms with Crippen molar-refractivity contribution in [2.45, 2.75) is 57.3 Å². The summed E-state index contributed by atoms with van der Waals surface area (Å²) in [5.74, 6) is 1.56. The summed E-state index contributed by atoms with van der Waals surface area (Å²) < 4.78 is 0. The maximum absolute atomic E-state index is 12.7. The van der Waals surface area contributed by atoms with Crippen LogP contribution in [0.2, 0.25) is 0 Å². The van der Waals surface area contributed by atoms with Gasteiger partial charge in [-0.3, -0.25) is 4.79 Å². The largest absolute Gasteiger partial charge is 0.294 e. The number of carbonyl (C=O) groups is 1. The Morgan fingerprint density at radius 2 is 2.08 bits per heavy atom. The Hall–Kier alpha value is -1.89. The van der Waals surface area contributed by atoms with Gasteiger partial charge in [-0.2, -0.15) is 0 Å². The zero-order valence-electron chi connectivity index (χ0n) is 14.6. The van der Waals surface area contributed by atoms with Gasteiger partial charge in [0.15, 0.2) is 5.78 Å². The second-order valence-electron chi connectivity index (χ2n) is 8.38. The van der Waals surface area contributed by atoms with E-state index < -0.39 is 0 Å². The molecule has 0 aromatic heterocycles. The molecule has 0 amide bonds. The monoisotopic (exact) mass is 316 g/mol. The van der Waals surface area contributed by atoms with Crippen LogP contribution in [0.4, 0.5) is 0 Å². The summed E-state index contributed by atoms with van der Waals surface area (Å²) in [6.45, 7) is 4.47. The van der Waals surface area contributed by atoms with Crippen molar-refractivity contribution in [2.24, 2.45) is 5.92 Å². The lowest BCUT2D eigenvalue weighted by molar-refractivity contribution is 0.0940. The molecule has 1 nitrogen and oxygen atoms in total. The van der Waals surface area contributed by atoms with Crippen molar-refractivity contribution < 1.29 is 4.79 Å². The molecule has 3 aliphatic rings. The van der Waals surface area contributed by atoms with Crippen LogP contribution >= 0.6 is 0 Å². The van der Waals surface area contributed by atoms with Gasteiger partial charge in [0, 0.05) is 17.4 Å². The van der Waals surface area contributed by atoms with Crippen LogP contribution in [0, 0.1) is 5.92 Å². The molecule has 24 heavy (non-hydrogen) atoms. The van der Waals surface area contributed by atoms with E-state index in [1.807, 2.05) is 0 Å². The number of Topliss-reactive ketones (excluding diaryl/α,β-unsaturated/α-hetero) is 1. The standard InChI is InChI=1S/C23H24O/c1-14(2)18-5-3-4-16-11-21-20(12-19(16)18)22(24)8-9-23(21)13-15-6-7-17(23)10-15/h3-6,11-12,14,17H,7-10,13H2,1-2H3. The number of hydrogen-bond acceptors (Lipinski definition) is 1. The fourth-order valence-electron chi connectivity index (χ4n) is 5.62. The van der Waals surface area contributed by atoms with E-state index in [2.05, 4.69) is 50.3 Å². The van der Waals surface area contributed by atoms with E-state index in [-0.39, 0.29) is 5.41 Å². The minimum absolute atomic E-state index is 0.245. The van der Waals surface area contributed by atoms with Crippen molar-refractivity contribution in [3.8, 4) is 0 Å². The summed E-state index contributed by atoms with van der Waals surface area (Å²) in [5.41, 5.74) is 5.62. The third-order valence-corrected chi connectivity index (χ3v) is 6.83. The van der Waals surface area contributed by atoms with Crippen LogP contribution < -0.4 is 0 Å². The van der Waals surface area contributed by atoms with E-state index in [1.165, 1.54) is 41.2 Å². The predicted molar refractivity (Wildman–Crippen MR) is 98.7 cm³/mol. The molecule has 5 rings (SSSR count). The summed E-state index contributed by atoms with van der Waals surface area (Å²) in [7, 11) is 0. The number of fused-ring (bicyclic) bond motifs is 6. The number of rotatable bonds is 1. The van der Waals surface area contributed by atoms with Gasteiger partial charge in [-0.25, -0.2) is 0 Å². The molecule has 2 aromatic carbocycles. The number of ketones is 1. The van der Waals surface area contributed by atoms with Crippen molar-refractivity contribution in [2.75, 3.05) is 0 Å². The SMILES string of the molecule is CC(C)c1cccc2cc3c(cc12)C(=O)CCC31CC2=CCC1C2. The average molecular weight is 316 g/mol. The van der Waals surface area contributed by atoms with E-state index in [4.69, 9.17) is 0 Å². The quantitative estimate of drug-likeness (QED) is 0.597. The van der Waals surface area contributed by atoms with Gasteiger partial charge in [-0.1, -0.05) is 43.7 Å². The molecule has 122 valence electrons. The van der Waals surface area contributed by atoms with E-state index >= 15 is 0 Å². The normalized spacial score (nSPS) is 28.0. The molecule has 1 spiro atoms. The fourth-order valence-corrected chi connectivity index (χ4v) is 5.62. The summed E-state index contributed by atoms with van der Waals surface area (Å²) in [6, 6.07) is 11.2. The molecule has 0 aliphatic heterocycles. The van der Waals surface area contributed by atoms with Crippen molar-refractivity contribution in [1.29, 1.82) is 0 Å². The molecule has 0 saturated heterocycles. The molecule has 1 fully saturated rings. The van der Waals surface area contributed by atoms with Gasteiger partial charge in [-0.15, -0.1) is 0 Å². The maximum Gasteiger partial charge on any atom is 0.163 e. The van der Waals surface area contributed by atoms with Crippen LogP contribution in [0.15, 0.2) is 42.0 Å². The summed E-state index contributed by atoms with van der Waals surface area (Å²) in [4.78, 5) is 12.7. The zero-order valence-corrected chi connectivity index (χ0v) is 14.6. The highest BCUT2D eigenvalue weighted by molar-refractivity contribution is 6.04. The van der Waals surface area contributed by atoms with Crippen LogP contribution in [0.5, 0.6) is 0 Å². The first-order valence-corrected chi connectivity index (χ1v) is 9.37. The topological polar surface area (TPSA) is 17.1 Å². The van der Waals surface area contributed by atoms with Crippen molar-refractivity contribution in [3.05, 3.63) is 58.7 Å². The van der Waals surface area contributed by atoms with E-state index in [0.29, 0.717) is 11.7 Å². The first-order valence-electron chi connectivity index (χ1n) is 9.37. The lowest BCUT2D eigenvalue weighted by Gasteiger charge is -2.41. The molecule has 1 saturated carbocycles. The van der Waals surface area contributed by atoms with Gasteiger partial charge in [0.1, 0.15) is 0 Å². The maximum atomic E-state index is 12.7. The Morgan fingerprint density at radius 1 is 1.21 bits per heavy atom. The number of hydrogen-bond donors (Lipinski definition) is 0. The van der Waals surface area contributed by atoms with Gasteiger partial charge in [0.05, 0.1) is 0 Å². The second kappa shape index (κ2) is 4.81. The van der Waals surface area contributed by atoms with E-state index in [1.54, 1.807) is 5.57 Å². The smallest absolute Gasteiger partial charge is 0.163 e. The first-order chi connectivity index (χ1) is 11.6. The third-order valence-electron chi connectivity index (χ3n) is 6.83. The molecule has 2 bridgehead atoms. The first kappa shape index (κ1) is 14.5. The Kier molecular flexibility index (Phi) is 2.90. The Labute approximate surface area is 143 Å². The Balaban J connectivity index is 1.79. The van der Waals surface area contributed by atoms with Crippen LogP contribution in [-0.2, 0) is 5.41 Å². The number of benzene rings is 2. The Morgan fingerprint density at radius 3 is 2.79 bits per heavy atom. The minimum atomic E-state index is 0.245. The van der Waals surface area contributed by atoms with Gasteiger partial charge in [0.25, 0.3) is 0 Å². The van der Waals surface area contributed by atoms with Gasteiger partial charge < -0.3 is 0 Å². The molecule has 2 aromatic rings. The second-order valence-corrected chi connectivity index (χ2v) is 8.38. The molecule has 2 atom stereocenters. The molecule has 0 heterocycles. The van der Waals surface area contributed by atoms with Crippen LogP contribution in [0.3, 0.4) is 0 Å². The lowest BCUT2D eigenvalue weighted by atomic mass is 9.62. The summed E-state index contributed by atoms with van der Waals surface area (Å²) >= 11 is 0. The van der Waals surface area contributed by atoms with Gasteiger partial charge in [-0.05, 0) is 71.6 Å². The van der Waals surface area contributed by atoms with E-state index in [9.17, 15) is 4.79 Å². The molecular weight excluding hydrogens is 292 g/mol. The van der Waals surface area contributed by atoms with Gasteiger partial charge in [0.2, 0.25) is 0 Å². The highest BCUT2D eigenvalue weighted by atomic mass is 16.1. The van der Waals surface area contributed by atoms with Gasteiger partial charge >= 0.3 is 0 Å². The molecule has 1 heteroatoms. The van der Waals surface area contributed by atoms with Crippen LogP contribution in [-0.4, -0.2) is 5.78 Å². The molecular formula is C23H24O. The lowest BCUT2D eigenvalue weighted by Crippen LogP contribution is -2.37. The number of carbonyl (C=O) groups excluding carboxylic acids is 1. The van der Waals surface area contributed by atoms with E-state index in [0.717, 1.165) is 24.3 Å². The van der Waals surface area contributed by atoms with Crippen molar-refractivity contribution in [1.82, 2.24) is 0 Å². The molecule has 0 radical (unpaired) electrons. The Bertz CT molecular complexity index is 902. The highest BCUT2D eigenvalue weighted by Gasteiger charge is 2.51. The fraction of sp³-hybridized carbons (Fsp3) is 0.435.